The maximum Gasteiger partial charge on any atom is 0.184 e. The van der Waals surface area contributed by atoms with Crippen molar-refractivity contribution in [3.05, 3.63) is 18.2 Å². The molecular formula is C14H22N6O. The highest BCUT2D eigenvalue weighted by atomic mass is 16.5. The van der Waals surface area contributed by atoms with Crippen molar-refractivity contribution in [1.29, 1.82) is 0 Å². The van der Waals surface area contributed by atoms with E-state index in [-0.39, 0.29) is 6.10 Å². The van der Waals surface area contributed by atoms with E-state index in [1.807, 2.05) is 19.9 Å². The van der Waals surface area contributed by atoms with Crippen molar-refractivity contribution in [3.8, 4) is 11.4 Å². The van der Waals surface area contributed by atoms with Gasteiger partial charge in [-0.1, -0.05) is 0 Å². The quantitative estimate of drug-likeness (QED) is 0.594. The van der Waals surface area contributed by atoms with Gasteiger partial charge in [0, 0.05) is 30.1 Å². The lowest BCUT2D eigenvalue weighted by atomic mass is 10.1. The number of rotatable bonds is 7. The predicted octanol–water partition coefficient (Wildman–Crippen LogP) is 1.71. The minimum absolute atomic E-state index is 0.267. The highest BCUT2D eigenvalue weighted by Crippen LogP contribution is 2.25. The molecule has 0 aliphatic carbocycles. The average molecular weight is 290 g/mol. The summed E-state index contributed by atoms with van der Waals surface area (Å²) in [5.74, 6) is 0.664. The molecule has 21 heavy (non-hydrogen) atoms. The highest BCUT2D eigenvalue weighted by Gasteiger charge is 2.11. The summed E-state index contributed by atoms with van der Waals surface area (Å²) in [6.07, 6.45) is 2.18. The fraction of sp³-hybridized carbons (Fsp3) is 0.500. The van der Waals surface area contributed by atoms with Gasteiger partial charge in [0.25, 0.3) is 0 Å². The van der Waals surface area contributed by atoms with Crippen LogP contribution in [-0.4, -0.2) is 32.9 Å². The van der Waals surface area contributed by atoms with Gasteiger partial charge in [0.05, 0.1) is 6.10 Å². The van der Waals surface area contributed by atoms with Crippen molar-refractivity contribution >= 4 is 11.4 Å². The zero-order chi connectivity index (χ0) is 15.2. The first kappa shape index (κ1) is 15.2. The molecule has 0 fully saturated rings. The predicted molar refractivity (Wildman–Crippen MR) is 82.4 cm³/mol. The van der Waals surface area contributed by atoms with Gasteiger partial charge in [-0.25, -0.2) is 4.68 Å². The molecule has 0 aliphatic rings. The molecule has 1 aromatic heterocycles. The lowest BCUT2D eigenvalue weighted by Crippen LogP contribution is -2.07. The maximum atomic E-state index is 5.98. The molecule has 0 bridgehead atoms. The van der Waals surface area contributed by atoms with E-state index in [0.717, 1.165) is 31.6 Å². The van der Waals surface area contributed by atoms with E-state index in [0.29, 0.717) is 17.2 Å². The van der Waals surface area contributed by atoms with Gasteiger partial charge in [0.1, 0.15) is 0 Å². The third kappa shape index (κ3) is 4.16. The van der Waals surface area contributed by atoms with E-state index in [4.69, 9.17) is 16.2 Å². The number of aromatic nitrogens is 4. The molecule has 0 saturated carbocycles. The first-order valence-electron chi connectivity index (χ1n) is 7.11. The molecule has 1 aromatic carbocycles. The third-order valence-electron chi connectivity index (χ3n) is 3.06. The molecule has 1 heterocycles. The molecule has 2 rings (SSSR count). The Bertz CT molecular complexity index is 581. The Morgan fingerprint density at radius 2 is 2.05 bits per heavy atom. The van der Waals surface area contributed by atoms with E-state index in [1.54, 1.807) is 16.8 Å². The molecule has 0 aliphatic heterocycles. The first-order chi connectivity index (χ1) is 10.1. The van der Waals surface area contributed by atoms with Gasteiger partial charge in [-0.2, -0.15) is 0 Å². The van der Waals surface area contributed by atoms with Crippen molar-refractivity contribution in [2.45, 2.75) is 39.3 Å². The number of anilines is 2. The SMILES string of the molecule is CC(C)OCCCCn1nnnc1-c1ccc(N)cc1N. The van der Waals surface area contributed by atoms with E-state index in [2.05, 4.69) is 15.5 Å². The van der Waals surface area contributed by atoms with Crippen LogP contribution in [0.5, 0.6) is 0 Å². The zero-order valence-electron chi connectivity index (χ0n) is 12.5. The fourth-order valence-corrected chi connectivity index (χ4v) is 2.02. The van der Waals surface area contributed by atoms with Crippen molar-refractivity contribution < 1.29 is 4.74 Å². The number of benzene rings is 1. The Labute approximate surface area is 124 Å². The number of ether oxygens (including phenoxy) is 1. The van der Waals surface area contributed by atoms with Crippen LogP contribution in [0.2, 0.25) is 0 Å². The maximum absolute atomic E-state index is 5.98. The molecule has 7 heteroatoms. The number of aryl methyl sites for hydroxylation is 1. The van der Waals surface area contributed by atoms with Gasteiger partial charge < -0.3 is 16.2 Å². The van der Waals surface area contributed by atoms with E-state index in [9.17, 15) is 0 Å². The van der Waals surface area contributed by atoms with Crippen LogP contribution >= 0.6 is 0 Å². The Hall–Kier alpha value is -2.15. The molecule has 0 atom stereocenters. The van der Waals surface area contributed by atoms with Crippen LogP contribution in [0.25, 0.3) is 11.4 Å². The summed E-state index contributed by atoms with van der Waals surface area (Å²) < 4.78 is 7.27. The zero-order valence-corrected chi connectivity index (χ0v) is 12.5. The highest BCUT2D eigenvalue weighted by molar-refractivity contribution is 5.74. The van der Waals surface area contributed by atoms with Gasteiger partial charge in [0.2, 0.25) is 0 Å². The molecular weight excluding hydrogens is 268 g/mol. The van der Waals surface area contributed by atoms with Gasteiger partial charge in [-0.15, -0.1) is 5.10 Å². The normalized spacial score (nSPS) is 11.2. The number of tetrazole rings is 1. The molecule has 2 aromatic rings. The third-order valence-corrected chi connectivity index (χ3v) is 3.06. The second-order valence-corrected chi connectivity index (χ2v) is 5.20. The fourth-order valence-electron chi connectivity index (χ4n) is 2.02. The summed E-state index contributed by atoms with van der Waals surface area (Å²) in [7, 11) is 0. The van der Waals surface area contributed by atoms with Crippen LogP contribution in [0.4, 0.5) is 11.4 Å². The van der Waals surface area contributed by atoms with Crippen molar-refractivity contribution in [2.75, 3.05) is 18.1 Å². The smallest absolute Gasteiger partial charge is 0.184 e. The number of nitrogens with two attached hydrogens (primary N) is 2. The molecule has 4 N–H and O–H groups in total. The number of unbranched alkanes of at least 4 members (excludes halogenated alkanes) is 1. The van der Waals surface area contributed by atoms with Crippen LogP contribution in [0.1, 0.15) is 26.7 Å². The largest absolute Gasteiger partial charge is 0.399 e. The summed E-state index contributed by atoms with van der Waals surface area (Å²) in [5, 5.41) is 11.8. The lowest BCUT2D eigenvalue weighted by Gasteiger charge is -2.09. The van der Waals surface area contributed by atoms with Crippen molar-refractivity contribution in [1.82, 2.24) is 20.2 Å². The number of nitrogen functional groups attached to an aromatic ring is 2. The van der Waals surface area contributed by atoms with E-state index in [1.165, 1.54) is 0 Å². The minimum atomic E-state index is 0.267. The summed E-state index contributed by atoms with van der Waals surface area (Å²) in [4.78, 5) is 0. The van der Waals surface area contributed by atoms with Gasteiger partial charge in [-0.3, -0.25) is 0 Å². The first-order valence-corrected chi connectivity index (χ1v) is 7.11. The summed E-state index contributed by atoms with van der Waals surface area (Å²) >= 11 is 0. The summed E-state index contributed by atoms with van der Waals surface area (Å²) in [5.41, 5.74) is 13.7. The van der Waals surface area contributed by atoms with Crippen LogP contribution in [-0.2, 0) is 11.3 Å². The molecule has 0 unspecified atom stereocenters. The molecule has 114 valence electrons. The Morgan fingerprint density at radius 3 is 2.76 bits per heavy atom. The second-order valence-electron chi connectivity index (χ2n) is 5.20. The van der Waals surface area contributed by atoms with Crippen molar-refractivity contribution in [2.24, 2.45) is 0 Å². The van der Waals surface area contributed by atoms with Crippen LogP contribution in [0, 0.1) is 0 Å². The lowest BCUT2D eigenvalue weighted by molar-refractivity contribution is 0.0753. The number of hydrogen-bond donors (Lipinski definition) is 2. The van der Waals surface area contributed by atoms with Gasteiger partial charge in [0.15, 0.2) is 5.82 Å². The second kappa shape index (κ2) is 7.03. The van der Waals surface area contributed by atoms with E-state index >= 15 is 0 Å². The van der Waals surface area contributed by atoms with Crippen LogP contribution < -0.4 is 11.5 Å². The topological polar surface area (TPSA) is 105 Å². The summed E-state index contributed by atoms with van der Waals surface area (Å²) in [6, 6.07) is 5.35. The van der Waals surface area contributed by atoms with Gasteiger partial charge >= 0.3 is 0 Å². The average Bonchev–Trinajstić information content (AvgIpc) is 2.86. The Balaban J connectivity index is 1.98. The summed E-state index contributed by atoms with van der Waals surface area (Å²) in [6.45, 7) is 5.54. The molecule has 0 radical (unpaired) electrons. The van der Waals surface area contributed by atoms with Crippen LogP contribution in [0.3, 0.4) is 0 Å². The number of nitrogens with zero attached hydrogens (tertiary/aromatic N) is 4. The Morgan fingerprint density at radius 1 is 1.24 bits per heavy atom. The molecule has 7 nitrogen and oxygen atoms in total. The molecule has 0 saturated heterocycles. The van der Waals surface area contributed by atoms with Gasteiger partial charge in [-0.05, 0) is 55.3 Å². The standard InChI is InChI=1S/C14H22N6O/c1-10(2)21-8-4-3-7-20-14(17-18-19-20)12-6-5-11(15)9-13(12)16/h5-6,9-10H,3-4,7-8,15-16H2,1-2H3. The molecule has 0 spiro atoms. The minimum Gasteiger partial charge on any atom is -0.399 e. The van der Waals surface area contributed by atoms with Crippen LogP contribution in [0.15, 0.2) is 18.2 Å². The number of hydrogen-bond acceptors (Lipinski definition) is 6. The van der Waals surface area contributed by atoms with E-state index < -0.39 is 0 Å². The van der Waals surface area contributed by atoms with Crippen molar-refractivity contribution in [3.63, 3.8) is 0 Å². The monoisotopic (exact) mass is 290 g/mol. The Kier molecular flexibility index (Phi) is 5.10. The molecule has 0 amide bonds.